The molecule has 6 heteroatoms. The Labute approximate surface area is 67.6 Å². The molecule has 0 rings (SSSR count). The molecule has 0 aromatic heterocycles. The third kappa shape index (κ3) is 9.83. The van der Waals surface area contributed by atoms with Gasteiger partial charge in [-0.25, -0.2) is 13.1 Å². The zero-order valence-electron chi connectivity index (χ0n) is 6.85. The van der Waals surface area contributed by atoms with Gasteiger partial charge in [0.25, 0.3) is 0 Å². The second kappa shape index (κ2) is 5.48. The molecule has 0 unspecified atom stereocenters. The van der Waals surface area contributed by atoms with Crippen molar-refractivity contribution in [2.45, 2.75) is 6.42 Å². The maximum absolute atomic E-state index is 10.5. The summed E-state index contributed by atoms with van der Waals surface area (Å²) in [6.07, 6.45) is 1.92. The summed E-state index contributed by atoms with van der Waals surface area (Å²) in [4.78, 5) is 0. The minimum absolute atomic E-state index is 0.480. The minimum atomic E-state index is -3.01. The van der Waals surface area contributed by atoms with Crippen LogP contribution in [0.25, 0.3) is 0 Å². The minimum Gasteiger partial charge on any atom is -0.261 e. The topological polar surface area (TPSA) is 70.2 Å². The van der Waals surface area contributed by atoms with Gasteiger partial charge in [-0.3, -0.25) is 10.9 Å². The van der Waals surface area contributed by atoms with Crippen molar-refractivity contribution in [1.29, 1.82) is 0 Å². The lowest BCUT2D eigenvalue weighted by molar-refractivity contribution is 0.558. The van der Waals surface area contributed by atoms with Crippen molar-refractivity contribution in [3.05, 3.63) is 0 Å². The van der Waals surface area contributed by atoms with E-state index >= 15 is 0 Å². The summed E-state index contributed by atoms with van der Waals surface area (Å²) in [5, 5.41) is 0. The van der Waals surface area contributed by atoms with E-state index in [0.29, 0.717) is 6.54 Å². The molecule has 0 aromatic carbocycles. The van der Waals surface area contributed by atoms with E-state index in [1.807, 2.05) is 0 Å². The van der Waals surface area contributed by atoms with Crippen molar-refractivity contribution in [3.8, 4) is 0 Å². The van der Waals surface area contributed by atoms with E-state index in [1.165, 1.54) is 0 Å². The monoisotopic (exact) mass is 181 g/mol. The molecule has 0 amide bonds. The number of hydrazine groups is 1. The maximum Gasteiger partial charge on any atom is 0.208 e. The molecule has 0 radical (unpaired) electrons. The van der Waals surface area contributed by atoms with E-state index < -0.39 is 10.0 Å². The van der Waals surface area contributed by atoms with Gasteiger partial charge in [0.05, 0.1) is 6.26 Å². The molecule has 0 bridgehead atoms. The van der Waals surface area contributed by atoms with Crippen molar-refractivity contribution in [2.24, 2.45) is 0 Å². The molecule has 3 N–H and O–H groups in total. The lowest BCUT2D eigenvalue weighted by atomic mass is 10.4. The van der Waals surface area contributed by atoms with E-state index in [9.17, 15) is 8.42 Å². The molecular formula is C5H15N3O2S. The fraction of sp³-hybridized carbons (Fsp3) is 1.00. The van der Waals surface area contributed by atoms with Crippen molar-refractivity contribution in [2.75, 3.05) is 26.4 Å². The van der Waals surface area contributed by atoms with Crippen LogP contribution in [0, 0.1) is 0 Å². The molecule has 0 fully saturated rings. The average molecular weight is 181 g/mol. The zero-order chi connectivity index (χ0) is 8.74. The Hall–Kier alpha value is -0.170. The third-order valence-corrected chi connectivity index (χ3v) is 1.75. The summed E-state index contributed by atoms with van der Waals surface area (Å²) < 4.78 is 23.4. The van der Waals surface area contributed by atoms with Crippen LogP contribution in [0.2, 0.25) is 0 Å². The van der Waals surface area contributed by atoms with Gasteiger partial charge in [-0.2, -0.15) is 0 Å². The molecule has 68 valence electrons. The standard InChI is InChI=1S/C5H15N3O2S/c1-6-7-4-3-5-8-11(2,9)10/h6-8H,3-5H2,1-2H3. The molecule has 0 aliphatic carbocycles. The van der Waals surface area contributed by atoms with Crippen LogP contribution in [0.4, 0.5) is 0 Å². The van der Waals surface area contributed by atoms with Crippen LogP contribution in [-0.2, 0) is 10.0 Å². The third-order valence-electron chi connectivity index (χ3n) is 1.02. The first kappa shape index (κ1) is 10.8. The van der Waals surface area contributed by atoms with Gasteiger partial charge >= 0.3 is 0 Å². The highest BCUT2D eigenvalue weighted by molar-refractivity contribution is 7.88. The Kier molecular flexibility index (Phi) is 5.39. The highest BCUT2D eigenvalue weighted by Gasteiger charge is 1.97. The van der Waals surface area contributed by atoms with Crippen LogP contribution >= 0.6 is 0 Å². The van der Waals surface area contributed by atoms with Crippen LogP contribution < -0.4 is 15.6 Å². The smallest absolute Gasteiger partial charge is 0.208 e. The van der Waals surface area contributed by atoms with E-state index in [1.54, 1.807) is 7.05 Å². The molecule has 0 aromatic rings. The van der Waals surface area contributed by atoms with E-state index in [-0.39, 0.29) is 0 Å². The van der Waals surface area contributed by atoms with Gasteiger partial charge in [-0.15, -0.1) is 0 Å². The Morgan fingerprint density at radius 2 is 1.91 bits per heavy atom. The fourth-order valence-corrected chi connectivity index (χ4v) is 1.07. The summed E-state index contributed by atoms with van der Waals surface area (Å²) in [5.74, 6) is 0. The Balaban J connectivity index is 3.16. The normalized spacial score (nSPS) is 11.8. The van der Waals surface area contributed by atoms with Gasteiger partial charge in [0.2, 0.25) is 10.0 Å². The van der Waals surface area contributed by atoms with E-state index in [2.05, 4.69) is 15.6 Å². The number of nitrogens with one attached hydrogen (secondary N) is 3. The summed E-state index contributed by atoms with van der Waals surface area (Å²) in [6.45, 7) is 1.23. The molecule has 5 nitrogen and oxygen atoms in total. The predicted octanol–water partition coefficient (Wildman–Crippen LogP) is -1.35. The van der Waals surface area contributed by atoms with Gasteiger partial charge < -0.3 is 0 Å². The summed E-state index contributed by atoms with van der Waals surface area (Å²) >= 11 is 0. The van der Waals surface area contributed by atoms with E-state index in [4.69, 9.17) is 0 Å². The van der Waals surface area contributed by atoms with Gasteiger partial charge in [-0.05, 0) is 13.5 Å². The first-order valence-electron chi connectivity index (χ1n) is 3.40. The lowest BCUT2D eigenvalue weighted by Gasteiger charge is -2.02. The van der Waals surface area contributed by atoms with Gasteiger partial charge in [0.15, 0.2) is 0 Å². The molecule has 0 spiro atoms. The highest BCUT2D eigenvalue weighted by Crippen LogP contribution is 1.76. The van der Waals surface area contributed by atoms with E-state index in [0.717, 1.165) is 19.2 Å². The first-order valence-corrected chi connectivity index (χ1v) is 5.29. The molecule has 0 aliphatic heterocycles. The van der Waals surface area contributed by atoms with Crippen molar-refractivity contribution >= 4 is 10.0 Å². The first-order chi connectivity index (χ1) is 5.06. The zero-order valence-corrected chi connectivity index (χ0v) is 7.66. The molecule has 0 atom stereocenters. The SMILES string of the molecule is CNNCCCNS(C)(=O)=O. The summed E-state index contributed by atoms with van der Waals surface area (Å²) in [5.41, 5.74) is 5.59. The lowest BCUT2D eigenvalue weighted by Crippen LogP contribution is -2.31. The maximum atomic E-state index is 10.5. The van der Waals surface area contributed by atoms with Crippen LogP contribution in [0.1, 0.15) is 6.42 Å². The van der Waals surface area contributed by atoms with Crippen molar-refractivity contribution < 1.29 is 8.42 Å². The average Bonchev–Trinajstić information content (AvgIpc) is 1.85. The number of hydrogen-bond acceptors (Lipinski definition) is 4. The highest BCUT2D eigenvalue weighted by atomic mass is 32.2. The molecular weight excluding hydrogens is 166 g/mol. The van der Waals surface area contributed by atoms with Crippen molar-refractivity contribution in [3.63, 3.8) is 0 Å². The molecule has 0 aliphatic rings. The Morgan fingerprint density at radius 3 is 2.36 bits per heavy atom. The van der Waals surface area contributed by atoms with Crippen LogP contribution in [0.5, 0.6) is 0 Å². The number of rotatable bonds is 6. The summed E-state index contributed by atoms with van der Waals surface area (Å²) in [6, 6.07) is 0. The van der Waals surface area contributed by atoms with Gasteiger partial charge in [0, 0.05) is 13.1 Å². The van der Waals surface area contributed by atoms with Crippen LogP contribution in [0.3, 0.4) is 0 Å². The summed E-state index contributed by atoms with van der Waals surface area (Å²) in [7, 11) is -1.24. The Bertz CT molecular complexity index is 178. The van der Waals surface area contributed by atoms with Crippen molar-refractivity contribution in [1.82, 2.24) is 15.6 Å². The number of sulfonamides is 1. The molecule has 0 saturated carbocycles. The quantitative estimate of drug-likeness (QED) is 0.350. The predicted molar refractivity (Wildman–Crippen MR) is 44.5 cm³/mol. The van der Waals surface area contributed by atoms with Gasteiger partial charge in [0.1, 0.15) is 0 Å². The Morgan fingerprint density at radius 1 is 1.27 bits per heavy atom. The second-order valence-electron chi connectivity index (χ2n) is 2.20. The number of hydrogen-bond donors (Lipinski definition) is 3. The fourth-order valence-electron chi connectivity index (χ4n) is 0.559. The second-order valence-corrected chi connectivity index (χ2v) is 4.03. The molecule has 0 heterocycles. The largest absolute Gasteiger partial charge is 0.261 e. The van der Waals surface area contributed by atoms with Gasteiger partial charge in [-0.1, -0.05) is 0 Å². The van der Waals surface area contributed by atoms with Crippen LogP contribution in [0.15, 0.2) is 0 Å². The molecule has 0 saturated heterocycles. The molecule has 11 heavy (non-hydrogen) atoms. The van der Waals surface area contributed by atoms with Crippen LogP contribution in [-0.4, -0.2) is 34.8 Å².